The molecule has 2 aromatic rings. The van der Waals surface area contributed by atoms with Crippen LogP contribution in [0.15, 0.2) is 48.5 Å². The van der Waals surface area contributed by atoms with Gasteiger partial charge in [-0.3, -0.25) is 0 Å². The van der Waals surface area contributed by atoms with Crippen LogP contribution in [0.3, 0.4) is 0 Å². The minimum atomic E-state index is 0.167. The minimum absolute atomic E-state index is 0.167. The van der Waals surface area contributed by atoms with Crippen molar-refractivity contribution in [1.29, 1.82) is 0 Å². The summed E-state index contributed by atoms with van der Waals surface area (Å²) in [5.74, 6) is 1.42. The molecule has 122 valence electrons. The van der Waals surface area contributed by atoms with Crippen LogP contribution in [-0.2, 0) is 0 Å². The Kier molecular flexibility index (Phi) is 6.23. The molecule has 0 aliphatic carbocycles. The monoisotopic (exact) mass is 330 g/mol. The first-order valence-electron chi connectivity index (χ1n) is 7.52. The van der Waals surface area contributed by atoms with E-state index in [1.807, 2.05) is 36.4 Å². The molecule has 5 heteroatoms. The summed E-state index contributed by atoms with van der Waals surface area (Å²) in [5.41, 5.74) is 2.01. The van der Waals surface area contributed by atoms with Gasteiger partial charge in [-0.05, 0) is 36.3 Å². The van der Waals surface area contributed by atoms with Gasteiger partial charge in [-0.25, -0.2) is 0 Å². The fourth-order valence-electron chi connectivity index (χ4n) is 2.32. The summed E-state index contributed by atoms with van der Waals surface area (Å²) in [6.07, 6.45) is 0.936. The van der Waals surface area contributed by atoms with Gasteiger partial charge in [0.25, 0.3) is 0 Å². The van der Waals surface area contributed by atoms with Gasteiger partial charge in [0.15, 0.2) is 5.11 Å². The molecule has 0 bridgehead atoms. The first-order valence-corrected chi connectivity index (χ1v) is 7.93. The molecule has 2 rings (SSSR count). The lowest BCUT2D eigenvalue weighted by Crippen LogP contribution is -2.32. The van der Waals surface area contributed by atoms with Gasteiger partial charge in [-0.15, -0.1) is 0 Å². The van der Waals surface area contributed by atoms with Gasteiger partial charge in [-0.1, -0.05) is 37.3 Å². The van der Waals surface area contributed by atoms with Crippen LogP contribution >= 0.6 is 12.2 Å². The lowest BCUT2D eigenvalue weighted by Gasteiger charge is -2.21. The fourth-order valence-corrected chi connectivity index (χ4v) is 2.58. The van der Waals surface area contributed by atoms with Crippen molar-refractivity contribution in [3.05, 3.63) is 54.1 Å². The van der Waals surface area contributed by atoms with E-state index >= 15 is 0 Å². The van der Waals surface area contributed by atoms with Crippen LogP contribution in [-0.4, -0.2) is 19.3 Å². The summed E-state index contributed by atoms with van der Waals surface area (Å²) in [6, 6.07) is 16.0. The standard InChI is InChI=1S/C18H22N2O2S/c1-4-15(13-8-6-5-7-9-13)19-18(23)20-16-11-10-14(21-2)12-17(16)22-3/h5-12,15H,4H2,1-3H3,(H2,19,20,23)/t15-/m0/s1. The Morgan fingerprint density at radius 2 is 1.83 bits per heavy atom. The highest BCUT2D eigenvalue weighted by Gasteiger charge is 2.12. The van der Waals surface area contributed by atoms with Gasteiger partial charge in [0.05, 0.1) is 25.9 Å². The Labute approximate surface area is 142 Å². The van der Waals surface area contributed by atoms with Crippen LogP contribution in [0.2, 0.25) is 0 Å². The van der Waals surface area contributed by atoms with E-state index in [-0.39, 0.29) is 6.04 Å². The van der Waals surface area contributed by atoms with Crippen LogP contribution in [0, 0.1) is 0 Å². The highest BCUT2D eigenvalue weighted by molar-refractivity contribution is 7.80. The number of ether oxygens (including phenoxy) is 2. The van der Waals surface area contributed by atoms with Crippen molar-refractivity contribution in [2.24, 2.45) is 0 Å². The summed E-state index contributed by atoms with van der Waals surface area (Å²) in [4.78, 5) is 0. The first kappa shape index (κ1) is 17.1. The van der Waals surface area contributed by atoms with E-state index in [9.17, 15) is 0 Å². The molecule has 0 spiro atoms. The molecular weight excluding hydrogens is 308 g/mol. The quantitative estimate of drug-likeness (QED) is 0.779. The number of hydrogen-bond donors (Lipinski definition) is 2. The van der Waals surface area contributed by atoms with Gasteiger partial charge in [0.1, 0.15) is 11.5 Å². The van der Waals surface area contributed by atoms with Crippen LogP contribution < -0.4 is 20.1 Å². The molecule has 0 radical (unpaired) electrons. The average Bonchev–Trinajstić information content (AvgIpc) is 2.60. The Balaban J connectivity index is 2.07. The Morgan fingerprint density at radius 1 is 1.09 bits per heavy atom. The normalized spacial score (nSPS) is 11.4. The third kappa shape index (κ3) is 4.60. The Bertz CT molecular complexity index is 647. The summed E-state index contributed by atoms with van der Waals surface area (Å²) in [7, 11) is 3.25. The molecule has 23 heavy (non-hydrogen) atoms. The van der Waals surface area contributed by atoms with E-state index in [1.165, 1.54) is 5.56 Å². The number of methoxy groups -OCH3 is 2. The largest absolute Gasteiger partial charge is 0.497 e. The number of nitrogens with one attached hydrogen (secondary N) is 2. The minimum Gasteiger partial charge on any atom is -0.497 e. The summed E-state index contributed by atoms with van der Waals surface area (Å²) < 4.78 is 10.6. The molecule has 2 aromatic carbocycles. The zero-order chi connectivity index (χ0) is 16.7. The van der Waals surface area contributed by atoms with Crippen LogP contribution in [0.4, 0.5) is 5.69 Å². The van der Waals surface area contributed by atoms with E-state index in [2.05, 4.69) is 29.7 Å². The van der Waals surface area contributed by atoms with Crippen LogP contribution in [0.1, 0.15) is 24.9 Å². The molecule has 0 heterocycles. The topological polar surface area (TPSA) is 42.5 Å². The highest BCUT2D eigenvalue weighted by atomic mass is 32.1. The average molecular weight is 330 g/mol. The van der Waals surface area contributed by atoms with Gasteiger partial charge < -0.3 is 20.1 Å². The van der Waals surface area contributed by atoms with Crippen molar-refractivity contribution in [2.45, 2.75) is 19.4 Å². The van der Waals surface area contributed by atoms with Crippen LogP contribution in [0.5, 0.6) is 11.5 Å². The molecule has 0 aliphatic rings. The lowest BCUT2D eigenvalue weighted by atomic mass is 10.1. The maximum Gasteiger partial charge on any atom is 0.171 e. The molecular formula is C18H22N2O2S. The Morgan fingerprint density at radius 3 is 2.43 bits per heavy atom. The smallest absolute Gasteiger partial charge is 0.171 e. The molecule has 0 saturated carbocycles. The van der Waals surface area contributed by atoms with Crippen molar-refractivity contribution in [3.63, 3.8) is 0 Å². The molecule has 4 nitrogen and oxygen atoms in total. The fraction of sp³-hybridized carbons (Fsp3) is 0.278. The Hall–Kier alpha value is -2.27. The second-order valence-corrected chi connectivity index (χ2v) is 5.44. The maximum absolute atomic E-state index is 5.44. The molecule has 0 fully saturated rings. The first-order chi connectivity index (χ1) is 11.2. The van der Waals surface area contributed by atoms with Gasteiger partial charge >= 0.3 is 0 Å². The van der Waals surface area contributed by atoms with Gasteiger partial charge in [-0.2, -0.15) is 0 Å². The second kappa shape index (κ2) is 8.39. The lowest BCUT2D eigenvalue weighted by molar-refractivity contribution is 0.395. The van der Waals surface area contributed by atoms with Crippen molar-refractivity contribution in [1.82, 2.24) is 5.32 Å². The molecule has 0 aliphatic heterocycles. The van der Waals surface area contributed by atoms with E-state index in [1.54, 1.807) is 14.2 Å². The predicted molar refractivity (Wildman–Crippen MR) is 98.4 cm³/mol. The van der Waals surface area contributed by atoms with Crippen molar-refractivity contribution in [3.8, 4) is 11.5 Å². The third-order valence-electron chi connectivity index (χ3n) is 3.57. The number of rotatable bonds is 6. The van der Waals surface area contributed by atoms with Crippen molar-refractivity contribution in [2.75, 3.05) is 19.5 Å². The predicted octanol–water partition coefficient (Wildman–Crippen LogP) is 4.14. The van der Waals surface area contributed by atoms with E-state index in [0.29, 0.717) is 10.9 Å². The SMILES string of the molecule is CC[C@H](NC(=S)Nc1ccc(OC)cc1OC)c1ccccc1. The van der Waals surface area contributed by atoms with E-state index < -0.39 is 0 Å². The highest BCUT2D eigenvalue weighted by Crippen LogP contribution is 2.29. The molecule has 0 saturated heterocycles. The number of hydrogen-bond acceptors (Lipinski definition) is 3. The van der Waals surface area contributed by atoms with E-state index in [0.717, 1.165) is 17.9 Å². The van der Waals surface area contributed by atoms with Gasteiger partial charge in [0.2, 0.25) is 0 Å². The van der Waals surface area contributed by atoms with Crippen LogP contribution in [0.25, 0.3) is 0 Å². The second-order valence-electron chi connectivity index (χ2n) is 5.04. The zero-order valence-corrected chi connectivity index (χ0v) is 14.4. The third-order valence-corrected chi connectivity index (χ3v) is 3.79. The number of anilines is 1. The molecule has 0 unspecified atom stereocenters. The molecule has 0 aromatic heterocycles. The van der Waals surface area contributed by atoms with E-state index in [4.69, 9.17) is 21.7 Å². The zero-order valence-electron chi connectivity index (χ0n) is 13.6. The van der Waals surface area contributed by atoms with Crippen molar-refractivity contribution >= 4 is 23.0 Å². The maximum atomic E-state index is 5.44. The molecule has 0 amide bonds. The van der Waals surface area contributed by atoms with Crippen molar-refractivity contribution < 1.29 is 9.47 Å². The molecule has 1 atom stereocenters. The molecule has 2 N–H and O–H groups in total. The number of benzene rings is 2. The summed E-state index contributed by atoms with van der Waals surface area (Å²) in [5, 5.41) is 7.09. The summed E-state index contributed by atoms with van der Waals surface area (Å²) in [6.45, 7) is 2.13. The van der Waals surface area contributed by atoms with Gasteiger partial charge in [0, 0.05) is 6.07 Å². The number of thiocarbonyl (C=S) groups is 1. The summed E-state index contributed by atoms with van der Waals surface area (Å²) >= 11 is 5.44.